The van der Waals surface area contributed by atoms with Crippen molar-refractivity contribution in [3.63, 3.8) is 0 Å². The summed E-state index contributed by atoms with van der Waals surface area (Å²) in [6, 6.07) is 8.56. The summed E-state index contributed by atoms with van der Waals surface area (Å²) in [5.74, 6) is 1.14. The van der Waals surface area contributed by atoms with Gasteiger partial charge in [-0.15, -0.1) is 0 Å². The Labute approximate surface area is 166 Å². The van der Waals surface area contributed by atoms with Crippen LogP contribution in [0.5, 0.6) is 11.5 Å². The number of amides is 2. The molecule has 2 rings (SSSR count). The number of anilines is 1. The van der Waals surface area contributed by atoms with E-state index in [1.807, 2.05) is 27.7 Å². The zero-order valence-corrected chi connectivity index (χ0v) is 17.3. The van der Waals surface area contributed by atoms with Crippen LogP contribution in [0.1, 0.15) is 45.7 Å². The molecular formula is C22H28N2O4. The highest BCUT2D eigenvalue weighted by Gasteiger charge is 2.15. The van der Waals surface area contributed by atoms with Crippen molar-refractivity contribution < 1.29 is 19.1 Å². The van der Waals surface area contributed by atoms with E-state index in [9.17, 15) is 9.59 Å². The Morgan fingerprint density at radius 1 is 0.929 bits per heavy atom. The molecule has 0 aliphatic heterocycles. The summed E-state index contributed by atoms with van der Waals surface area (Å²) in [6.07, 6.45) is 0. The van der Waals surface area contributed by atoms with E-state index in [0.717, 1.165) is 11.1 Å². The predicted molar refractivity (Wildman–Crippen MR) is 111 cm³/mol. The van der Waals surface area contributed by atoms with Gasteiger partial charge in [-0.3, -0.25) is 9.59 Å². The summed E-state index contributed by atoms with van der Waals surface area (Å²) in [6.45, 7) is 8.42. The highest BCUT2D eigenvalue weighted by Crippen LogP contribution is 2.30. The molecule has 2 N–H and O–H groups in total. The summed E-state index contributed by atoms with van der Waals surface area (Å²) in [5, 5.41) is 5.77. The number of aryl methyl sites for hydroxylation is 1. The van der Waals surface area contributed by atoms with Crippen LogP contribution in [0, 0.1) is 19.8 Å². The largest absolute Gasteiger partial charge is 0.496 e. The quantitative estimate of drug-likeness (QED) is 0.758. The monoisotopic (exact) mass is 384 g/mol. The van der Waals surface area contributed by atoms with Crippen LogP contribution in [0.25, 0.3) is 0 Å². The Morgan fingerprint density at radius 3 is 2.04 bits per heavy atom. The normalized spacial score (nSPS) is 10.5. The standard InChI is InChI=1S/C22H28N2O4/c1-13(2)12-23-21(25)16-7-8-18(14(3)9-16)24-22(26)17-10-19(27-5)15(4)20(11-17)28-6/h7-11,13H,12H2,1-6H3,(H,23,25)(H,24,26). The van der Waals surface area contributed by atoms with E-state index >= 15 is 0 Å². The van der Waals surface area contributed by atoms with Gasteiger partial charge in [0.05, 0.1) is 14.2 Å². The van der Waals surface area contributed by atoms with E-state index < -0.39 is 0 Å². The molecule has 150 valence electrons. The molecule has 6 heteroatoms. The van der Waals surface area contributed by atoms with Gasteiger partial charge in [0.1, 0.15) is 11.5 Å². The highest BCUT2D eigenvalue weighted by atomic mass is 16.5. The molecule has 28 heavy (non-hydrogen) atoms. The summed E-state index contributed by atoms with van der Waals surface area (Å²) < 4.78 is 10.7. The average Bonchev–Trinajstić information content (AvgIpc) is 2.67. The fourth-order valence-corrected chi connectivity index (χ4v) is 2.76. The molecule has 0 aromatic heterocycles. The minimum absolute atomic E-state index is 0.123. The Bertz CT molecular complexity index is 850. The van der Waals surface area contributed by atoms with Gasteiger partial charge in [0.2, 0.25) is 0 Å². The second-order valence-electron chi connectivity index (χ2n) is 7.09. The van der Waals surface area contributed by atoms with Gasteiger partial charge >= 0.3 is 0 Å². The maximum Gasteiger partial charge on any atom is 0.255 e. The van der Waals surface area contributed by atoms with E-state index in [-0.39, 0.29) is 11.8 Å². The third kappa shape index (κ3) is 5.03. The molecule has 0 fully saturated rings. The molecule has 6 nitrogen and oxygen atoms in total. The van der Waals surface area contributed by atoms with Crippen LogP contribution in [0.15, 0.2) is 30.3 Å². The van der Waals surface area contributed by atoms with Gasteiger partial charge in [-0.25, -0.2) is 0 Å². The van der Waals surface area contributed by atoms with Crippen molar-refractivity contribution in [2.75, 3.05) is 26.1 Å². The number of nitrogens with one attached hydrogen (secondary N) is 2. The second kappa shape index (κ2) is 9.26. The van der Waals surface area contributed by atoms with Crippen molar-refractivity contribution in [2.45, 2.75) is 27.7 Å². The molecule has 0 unspecified atom stereocenters. The maximum absolute atomic E-state index is 12.7. The van der Waals surface area contributed by atoms with Crippen molar-refractivity contribution in [3.8, 4) is 11.5 Å². The fraction of sp³-hybridized carbons (Fsp3) is 0.364. The topological polar surface area (TPSA) is 76.7 Å². The lowest BCUT2D eigenvalue weighted by Gasteiger charge is -2.14. The first-order valence-corrected chi connectivity index (χ1v) is 9.19. The van der Waals surface area contributed by atoms with Gasteiger partial charge in [-0.2, -0.15) is 0 Å². The first kappa shape index (κ1) is 21.3. The molecule has 0 radical (unpaired) electrons. The lowest BCUT2D eigenvalue weighted by molar-refractivity contribution is 0.0948. The number of carbonyl (C=O) groups is 2. The van der Waals surface area contributed by atoms with E-state index in [1.165, 1.54) is 0 Å². The number of benzene rings is 2. The smallest absolute Gasteiger partial charge is 0.255 e. The maximum atomic E-state index is 12.7. The van der Waals surface area contributed by atoms with Crippen molar-refractivity contribution >= 4 is 17.5 Å². The zero-order valence-electron chi connectivity index (χ0n) is 17.3. The third-order valence-electron chi connectivity index (χ3n) is 4.42. The van der Waals surface area contributed by atoms with E-state index in [2.05, 4.69) is 10.6 Å². The molecule has 2 aromatic carbocycles. The first-order valence-electron chi connectivity index (χ1n) is 9.19. The van der Waals surface area contributed by atoms with Gasteiger partial charge in [0.15, 0.2) is 0 Å². The molecular weight excluding hydrogens is 356 g/mol. The molecule has 0 aliphatic carbocycles. The number of carbonyl (C=O) groups excluding carboxylic acids is 2. The van der Waals surface area contributed by atoms with Gasteiger partial charge in [0, 0.05) is 28.9 Å². The van der Waals surface area contributed by atoms with Crippen LogP contribution in [-0.4, -0.2) is 32.6 Å². The van der Waals surface area contributed by atoms with Crippen LogP contribution in [0.2, 0.25) is 0 Å². The van der Waals surface area contributed by atoms with Crippen LogP contribution in [0.4, 0.5) is 5.69 Å². The SMILES string of the molecule is COc1cc(C(=O)Nc2ccc(C(=O)NCC(C)C)cc2C)cc(OC)c1C. The Kier molecular flexibility index (Phi) is 7.04. The molecule has 0 bridgehead atoms. The van der Waals surface area contributed by atoms with Crippen molar-refractivity contribution in [3.05, 3.63) is 52.6 Å². The Balaban J connectivity index is 2.19. The van der Waals surface area contributed by atoms with Gasteiger partial charge < -0.3 is 20.1 Å². The molecule has 0 heterocycles. The Hall–Kier alpha value is -3.02. The summed E-state index contributed by atoms with van der Waals surface area (Å²) in [7, 11) is 3.10. The average molecular weight is 384 g/mol. The van der Waals surface area contributed by atoms with Gasteiger partial charge in [0.25, 0.3) is 11.8 Å². The van der Waals surface area contributed by atoms with Crippen molar-refractivity contribution in [2.24, 2.45) is 5.92 Å². The molecule has 0 aliphatic rings. The lowest BCUT2D eigenvalue weighted by atomic mass is 10.1. The lowest BCUT2D eigenvalue weighted by Crippen LogP contribution is -2.27. The van der Waals surface area contributed by atoms with E-state index in [4.69, 9.17) is 9.47 Å². The van der Waals surface area contributed by atoms with Crippen molar-refractivity contribution in [1.82, 2.24) is 5.32 Å². The molecule has 0 saturated heterocycles. The van der Waals surface area contributed by atoms with Crippen LogP contribution in [0.3, 0.4) is 0 Å². The zero-order chi connectivity index (χ0) is 20.8. The molecule has 2 aromatic rings. The minimum Gasteiger partial charge on any atom is -0.496 e. The summed E-state index contributed by atoms with van der Waals surface area (Å²) in [4.78, 5) is 24.9. The number of ether oxygens (including phenoxy) is 2. The van der Waals surface area contributed by atoms with E-state index in [0.29, 0.717) is 40.8 Å². The molecule has 0 atom stereocenters. The number of hydrogen-bond acceptors (Lipinski definition) is 4. The summed E-state index contributed by atoms with van der Waals surface area (Å²) in [5.41, 5.74) is 3.27. The van der Waals surface area contributed by atoms with Gasteiger partial charge in [-0.05, 0) is 55.7 Å². The molecule has 2 amide bonds. The number of hydrogen-bond donors (Lipinski definition) is 2. The van der Waals surface area contributed by atoms with Crippen LogP contribution < -0.4 is 20.1 Å². The number of rotatable bonds is 7. The second-order valence-corrected chi connectivity index (χ2v) is 7.09. The Morgan fingerprint density at radius 2 is 1.54 bits per heavy atom. The minimum atomic E-state index is -0.281. The fourth-order valence-electron chi connectivity index (χ4n) is 2.76. The number of methoxy groups -OCH3 is 2. The third-order valence-corrected chi connectivity index (χ3v) is 4.42. The molecule has 0 spiro atoms. The van der Waals surface area contributed by atoms with Crippen molar-refractivity contribution in [1.29, 1.82) is 0 Å². The summed E-state index contributed by atoms with van der Waals surface area (Å²) >= 11 is 0. The van der Waals surface area contributed by atoms with E-state index in [1.54, 1.807) is 44.6 Å². The first-order chi connectivity index (χ1) is 13.3. The van der Waals surface area contributed by atoms with Gasteiger partial charge in [-0.1, -0.05) is 13.8 Å². The highest BCUT2D eigenvalue weighted by molar-refractivity contribution is 6.05. The molecule has 0 saturated carbocycles. The van der Waals surface area contributed by atoms with Crippen LogP contribution in [-0.2, 0) is 0 Å². The predicted octanol–water partition coefficient (Wildman–Crippen LogP) is 3.96. The van der Waals surface area contributed by atoms with Crippen LogP contribution >= 0.6 is 0 Å².